The average molecular weight is 1030 g/mol. The predicted octanol–water partition coefficient (Wildman–Crippen LogP) is 16.5. The second kappa shape index (κ2) is 17.1. The van der Waals surface area contributed by atoms with Gasteiger partial charge in [0.2, 0.25) is 0 Å². The van der Waals surface area contributed by atoms with Gasteiger partial charge in [-0.15, -0.1) is 0 Å². The molecule has 0 bridgehead atoms. The number of hydrogen-bond donors (Lipinski definition) is 3. The molecule has 0 heterocycles. The van der Waals surface area contributed by atoms with Crippen LogP contribution in [-0.2, 0) is 22.2 Å². The third kappa shape index (κ3) is 6.14. The summed E-state index contributed by atoms with van der Waals surface area (Å²) < 4.78 is 0. The Kier molecular flexibility index (Phi) is 10.0. The van der Waals surface area contributed by atoms with Gasteiger partial charge >= 0.3 is 0 Å². The first kappa shape index (κ1) is 46.8. The van der Waals surface area contributed by atoms with Crippen LogP contribution >= 0.6 is 0 Å². The minimum absolute atomic E-state index is 0.256. The molecule has 0 saturated heterocycles. The van der Waals surface area contributed by atoms with Crippen LogP contribution in [0.3, 0.4) is 0 Å². The molecule has 5 aliphatic carbocycles. The Labute approximate surface area is 466 Å². The SMILES string of the molecule is CC1CC=CC2=C1c1ccccc1C2(c1ccc(-c2ccc(C3(O)c4ccccc4-c4ccccc43)cc2)cc1)c1cc(C2(O)c3ccccc3-c3ccccc32)ccc1-c1ccc(C2(O)c3ccccc3-c3ccccc32)cc1. The van der Waals surface area contributed by atoms with Crippen molar-refractivity contribution in [1.82, 2.24) is 0 Å². The zero-order chi connectivity index (χ0) is 53.5. The molecular formula is C77H54O3. The van der Waals surface area contributed by atoms with Crippen LogP contribution in [0.1, 0.15) is 85.7 Å². The summed E-state index contributed by atoms with van der Waals surface area (Å²) >= 11 is 0. The third-order valence-corrected chi connectivity index (χ3v) is 18.8. The van der Waals surface area contributed by atoms with Gasteiger partial charge in [-0.3, -0.25) is 0 Å². The maximum atomic E-state index is 13.8. The quantitative estimate of drug-likeness (QED) is 0.149. The molecule has 0 saturated carbocycles. The van der Waals surface area contributed by atoms with Crippen molar-refractivity contribution in [2.45, 2.75) is 35.6 Å². The van der Waals surface area contributed by atoms with Crippen LogP contribution in [0.4, 0.5) is 0 Å². The smallest absolute Gasteiger partial charge is 0.141 e. The molecule has 11 aromatic rings. The van der Waals surface area contributed by atoms with E-state index in [1.165, 1.54) is 22.3 Å². The third-order valence-electron chi connectivity index (χ3n) is 18.8. The van der Waals surface area contributed by atoms with Gasteiger partial charge < -0.3 is 15.3 Å². The highest BCUT2D eigenvalue weighted by atomic mass is 16.3. The van der Waals surface area contributed by atoms with Gasteiger partial charge in [-0.05, 0) is 118 Å². The second-order valence-electron chi connectivity index (χ2n) is 22.6. The van der Waals surface area contributed by atoms with Gasteiger partial charge in [0.1, 0.15) is 16.8 Å². The molecule has 0 aromatic heterocycles. The monoisotopic (exact) mass is 1030 g/mol. The van der Waals surface area contributed by atoms with Crippen molar-refractivity contribution in [3.63, 3.8) is 0 Å². The lowest BCUT2D eigenvalue weighted by Crippen LogP contribution is -2.32. The number of aliphatic hydroxyl groups is 3. The molecule has 3 nitrogen and oxygen atoms in total. The van der Waals surface area contributed by atoms with Crippen LogP contribution in [0.25, 0.3) is 61.2 Å². The van der Waals surface area contributed by atoms with Gasteiger partial charge in [-0.1, -0.05) is 280 Å². The average Bonchev–Trinajstić information content (AvgIpc) is 4.30. The number of rotatable bonds is 7. The molecule has 3 N–H and O–H groups in total. The number of benzene rings is 11. The maximum Gasteiger partial charge on any atom is 0.141 e. The van der Waals surface area contributed by atoms with Crippen molar-refractivity contribution in [1.29, 1.82) is 0 Å². The van der Waals surface area contributed by atoms with Gasteiger partial charge in [0.25, 0.3) is 0 Å². The topological polar surface area (TPSA) is 60.7 Å². The first-order valence-corrected chi connectivity index (χ1v) is 28.0. The van der Waals surface area contributed by atoms with Crippen molar-refractivity contribution in [3.05, 3.63) is 351 Å². The second-order valence-corrected chi connectivity index (χ2v) is 22.6. The molecule has 16 rings (SSSR count). The standard InChI is InChI=1S/C77H54O3/c1-48-17-16-32-71-73(48)63-24-8-9-25-64(63)74(71,52-39-33-49(34-40-52)50-35-41-53(42-36-50)75(78)65-26-10-2-18-57(65)58-19-3-11-27-66(58)75)72-47-55(77(80)69-30-14-6-22-61(69)62-23-7-15-31-70(62)77)45-46-56(72)51-37-43-54(44-38-51)76(79)67-28-12-4-20-59(67)60-21-5-13-29-68(60)76/h2-16,18-48,78-80H,17H2,1H3. The van der Waals surface area contributed by atoms with E-state index in [4.69, 9.17) is 0 Å². The van der Waals surface area contributed by atoms with Crippen molar-refractivity contribution < 1.29 is 15.3 Å². The van der Waals surface area contributed by atoms with Crippen LogP contribution in [0.15, 0.2) is 279 Å². The van der Waals surface area contributed by atoms with Crippen LogP contribution in [0.5, 0.6) is 0 Å². The van der Waals surface area contributed by atoms with E-state index in [1.807, 2.05) is 72.8 Å². The van der Waals surface area contributed by atoms with Crippen LogP contribution < -0.4 is 0 Å². The van der Waals surface area contributed by atoms with E-state index in [0.29, 0.717) is 0 Å². The van der Waals surface area contributed by atoms with Crippen molar-refractivity contribution >= 4 is 5.57 Å². The van der Waals surface area contributed by atoms with Crippen LogP contribution in [-0.4, -0.2) is 15.3 Å². The summed E-state index contributed by atoms with van der Waals surface area (Å²) in [6.07, 6.45) is 5.66. The Morgan fingerprint density at radius 1 is 0.300 bits per heavy atom. The molecule has 0 radical (unpaired) electrons. The zero-order valence-electron chi connectivity index (χ0n) is 44.1. The minimum atomic E-state index is -1.45. The van der Waals surface area contributed by atoms with Gasteiger partial charge in [0.15, 0.2) is 0 Å². The number of hydrogen-bond acceptors (Lipinski definition) is 3. The summed E-state index contributed by atoms with van der Waals surface area (Å²) in [6.45, 7) is 2.35. The first-order valence-electron chi connectivity index (χ1n) is 28.0. The van der Waals surface area contributed by atoms with E-state index in [2.05, 4.69) is 207 Å². The molecule has 80 heavy (non-hydrogen) atoms. The summed E-state index contributed by atoms with van der Waals surface area (Å²) in [5.74, 6) is 0.256. The van der Waals surface area contributed by atoms with E-state index in [9.17, 15) is 15.3 Å². The van der Waals surface area contributed by atoms with Crippen LogP contribution in [0.2, 0.25) is 0 Å². The van der Waals surface area contributed by atoms with Crippen LogP contribution in [0, 0.1) is 5.92 Å². The van der Waals surface area contributed by atoms with E-state index in [1.54, 1.807) is 0 Å². The largest absolute Gasteiger partial charge is 0.376 e. The molecule has 5 aliphatic rings. The van der Waals surface area contributed by atoms with E-state index in [0.717, 1.165) is 123 Å². The summed E-state index contributed by atoms with van der Waals surface area (Å²) in [7, 11) is 0. The fourth-order valence-electron chi connectivity index (χ4n) is 15.2. The van der Waals surface area contributed by atoms with E-state index >= 15 is 0 Å². The van der Waals surface area contributed by atoms with Gasteiger partial charge in [-0.2, -0.15) is 0 Å². The summed E-state index contributed by atoms with van der Waals surface area (Å²) in [4.78, 5) is 0. The molecule has 380 valence electrons. The molecular weight excluding hydrogens is 973 g/mol. The lowest BCUT2D eigenvalue weighted by Gasteiger charge is -2.39. The lowest BCUT2D eigenvalue weighted by molar-refractivity contribution is 0.130. The number of fused-ring (bicyclic) bond motifs is 11. The first-order chi connectivity index (χ1) is 39.2. The van der Waals surface area contributed by atoms with Gasteiger partial charge in [0.05, 0.1) is 5.41 Å². The summed E-state index contributed by atoms with van der Waals surface area (Å²) in [5.41, 5.74) is 20.4. The molecule has 11 aromatic carbocycles. The molecule has 2 atom stereocenters. The summed E-state index contributed by atoms with van der Waals surface area (Å²) in [6, 6.07) is 91.2. The van der Waals surface area contributed by atoms with Gasteiger partial charge in [-0.25, -0.2) is 0 Å². The highest BCUT2D eigenvalue weighted by Gasteiger charge is 2.52. The van der Waals surface area contributed by atoms with Crippen molar-refractivity contribution in [2.75, 3.05) is 0 Å². The highest BCUT2D eigenvalue weighted by Crippen LogP contribution is 2.62. The lowest BCUT2D eigenvalue weighted by atomic mass is 9.63. The Balaban J connectivity index is 0.900. The maximum absolute atomic E-state index is 13.8. The molecule has 0 aliphatic heterocycles. The van der Waals surface area contributed by atoms with Crippen molar-refractivity contribution in [2.24, 2.45) is 5.92 Å². The fourth-order valence-corrected chi connectivity index (χ4v) is 15.2. The zero-order valence-corrected chi connectivity index (χ0v) is 44.1. The predicted molar refractivity (Wildman–Crippen MR) is 322 cm³/mol. The Hall–Kier alpha value is -9.22. The Morgan fingerprint density at radius 2 is 0.625 bits per heavy atom. The van der Waals surface area contributed by atoms with Crippen molar-refractivity contribution in [3.8, 4) is 55.6 Å². The fraction of sp³-hybridized carbons (Fsp3) is 0.0909. The molecule has 0 amide bonds. The molecule has 3 heteroatoms. The molecule has 0 spiro atoms. The molecule has 2 unspecified atom stereocenters. The molecule has 0 fully saturated rings. The normalized spacial score (nSPS) is 18.6. The Morgan fingerprint density at radius 3 is 1.04 bits per heavy atom. The number of allylic oxidation sites excluding steroid dienone is 4. The van der Waals surface area contributed by atoms with Gasteiger partial charge in [0, 0.05) is 33.4 Å². The Bertz CT molecular complexity index is 4310. The van der Waals surface area contributed by atoms with E-state index in [-0.39, 0.29) is 5.92 Å². The minimum Gasteiger partial charge on any atom is -0.376 e. The van der Waals surface area contributed by atoms with E-state index < -0.39 is 22.2 Å². The highest BCUT2D eigenvalue weighted by molar-refractivity contribution is 5.93. The summed E-state index contributed by atoms with van der Waals surface area (Å²) in [5, 5.41) is 39.5.